The zero-order chi connectivity index (χ0) is 12.3. The average Bonchev–Trinajstić information content (AvgIpc) is 2.72. The van der Waals surface area contributed by atoms with Crippen molar-refractivity contribution in [1.82, 2.24) is 4.90 Å². The van der Waals surface area contributed by atoms with E-state index in [-0.39, 0.29) is 0 Å². The van der Waals surface area contributed by atoms with Crippen molar-refractivity contribution in [2.24, 2.45) is 0 Å². The molecule has 1 atom stereocenters. The first-order valence-electron chi connectivity index (χ1n) is 5.76. The fourth-order valence-electron chi connectivity index (χ4n) is 2.27. The van der Waals surface area contributed by atoms with E-state index in [2.05, 4.69) is 4.74 Å². The highest BCUT2D eigenvalue weighted by molar-refractivity contribution is 5.78. The molecule has 4 heteroatoms. The lowest BCUT2D eigenvalue weighted by molar-refractivity contribution is -0.181. The van der Waals surface area contributed by atoms with E-state index < -0.39 is 11.7 Å². The summed E-state index contributed by atoms with van der Waals surface area (Å²) >= 11 is 0. The molecule has 1 saturated heterocycles. The van der Waals surface area contributed by atoms with Crippen LogP contribution in [0.2, 0.25) is 0 Å². The van der Waals surface area contributed by atoms with Gasteiger partial charge in [0.05, 0.1) is 7.11 Å². The van der Waals surface area contributed by atoms with E-state index in [4.69, 9.17) is 0 Å². The van der Waals surface area contributed by atoms with Gasteiger partial charge in [-0.15, -0.1) is 0 Å². The highest BCUT2D eigenvalue weighted by atomic mass is 16.5. The fraction of sp³-hybridized carbons (Fsp3) is 0.462. The zero-order valence-corrected chi connectivity index (χ0v) is 9.93. The first-order valence-corrected chi connectivity index (χ1v) is 5.76. The molecule has 4 nitrogen and oxygen atoms in total. The predicted octanol–water partition coefficient (Wildman–Crippen LogP) is 1.14. The summed E-state index contributed by atoms with van der Waals surface area (Å²) in [7, 11) is 1.30. The van der Waals surface area contributed by atoms with Gasteiger partial charge >= 0.3 is 5.97 Å². The van der Waals surface area contributed by atoms with Gasteiger partial charge in [-0.05, 0) is 12.0 Å². The molecule has 92 valence electrons. The maximum atomic E-state index is 11.6. The van der Waals surface area contributed by atoms with Gasteiger partial charge in [0, 0.05) is 19.5 Å². The molecular weight excluding hydrogens is 218 g/mol. The van der Waals surface area contributed by atoms with Crippen molar-refractivity contribution >= 4 is 5.97 Å². The molecule has 1 aliphatic heterocycles. The summed E-state index contributed by atoms with van der Waals surface area (Å²) in [5.74, 6) is -0.564. The van der Waals surface area contributed by atoms with E-state index in [1.807, 2.05) is 30.3 Å². The Balaban J connectivity index is 2.13. The third-order valence-electron chi connectivity index (χ3n) is 3.21. The van der Waals surface area contributed by atoms with Crippen LogP contribution in [0.15, 0.2) is 30.3 Å². The van der Waals surface area contributed by atoms with Gasteiger partial charge in [0.25, 0.3) is 0 Å². The second kappa shape index (κ2) is 4.85. The van der Waals surface area contributed by atoms with Crippen LogP contribution in [-0.2, 0) is 16.1 Å². The van der Waals surface area contributed by atoms with E-state index in [1.165, 1.54) is 7.11 Å². The number of aliphatic hydroxyl groups is 1. The molecule has 0 unspecified atom stereocenters. The number of carbonyl (C=O) groups excluding carboxylic acids is 1. The second-order valence-electron chi connectivity index (χ2n) is 4.32. The number of benzene rings is 1. The van der Waals surface area contributed by atoms with Gasteiger partial charge in [-0.25, -0.2) is 4.79 Å². The van der Waals surface area contributed by atoms with Crippen molar-refractivity contribution in [2.75, 3.05) is 13.7 Å². The predicted molar refractivity (Wildman–Crippen MR) is 63.1 cm³/mol. The lowest BCUT2D eigenvalue weighted by atomic mass is 10.1. The topological polar surface area (TPSA) is 49.8 Å². The molecule has 0 radical (unpaired) electrons. The highest BCUT2D eigenvalue weighted by Gasteiger charge is 2.46. The summed E-state index contributed by atoms with van der Waals surface area (Å²) in [6.07, 6.45) is 1.24. The number of nitrogens with zero attached hydrogens (tertiary/aromatic N) is 1. The van der Waals surface area contributed by atoms with E-state index in [0.717, 1.165) is 12.0 Å². The summed E-state index contributed by atoms with van der Waals surface area (Å²) in [6, 6.07) is 9.80. The quantitative estimate of drug-likeness (QED) is 0.798. The molecule has 1 heterocycles. The first-order chi connectivity index (χ1) is 8.16. The Labute approximate surface area is 101 Å². The zero-order valence-electron chi connectivity index (χ0n) is 9.93. The van der Waals surface area contributed by atoms with Gasteiger partial charge in [-0.2, -0.15) is 0 Å². The molecule has 17 heavy (non-hydrogen) atoms. The lowest BCUT2D eigenvalue weighted by Crippen LogP contribution is -2.50. The van der Waals surface area contributed by atoms with Crippen molar-refractivity contribution in [2.45, 2.75) is 25.1 Å². The van der Waals surface area contributed by atoms with Gasteiger partial charge < -0.3 is 9.84 Å². The Morgan fingerprint density at radius 1 is 1.47 bits per heavy atom. The molecule has 0 aromatic heterocycles. The Kier molecular flexibility index (Phi) is 3.45. The molecule has 0 aliphatic carbocycles. The number of esters is 1. The largest absolute Gasteiger partial charge is 0.466 e. The molecule has 0 amide bonds. The SMILES string of the molecule is COC(=O)[C@@]1(O)CCCN1Cc1ccccc1. The number of hydrogen-bond acceptors (Lipinski definition) is 4. The Hall–Kier alpha value is -1.39. The third kappa shape index (κ3) is 2.33. The standard InChI is InChI=1S/C13H17NO3/c1-17-12(15)13(16)8-5-9-14(13)10-11-6-3-2-4-7-11/h2-4,6-7,16H,5,8-10H2,1H3/t13-/m0/s1. The summed E-state index contributed by atoms with van der Waals surface area (Å²) in [4.78, 5) is 13.4. The monoisotopic (exact) mass is 235 g/mol. The van der Waals surface area contributed by atoms with Gasteiger partial charge in [0.1, 0.15) is 0 Å². The van der Waals surface area contributed by atoms with Gasteiger partial charge in [-0.3, -0.25) is 4.90 Å². The van der Waals surface area contributed by atoms with Crippen LogP contribution in [-0.4, -0.2) is 35.4 Å². The summed E-state index contributed by atoms with van der Waals surface area (Å²) < 4.78 is 4.67. The first kappa shape index (κ1) is 12.1. The molecule has 1 aromatic rings. The minimum absolute atomic E-state index is 0.437. The molecule has 1 aromatic carbocycles. The second-order valence-corrected chi connectivity index (χ2v) is 4.32. The number of methoxy groups -OCH3 is 1. The van der Waals surface area contributed by atoms with Crippen LogP contribution >= 0.6 is 0 Å². The highest BCUT2D eigenvalue weighted by Crippen LogP contribution is 2.29. The minimum atomic E-state index is -1.45. The van der Waals surface area contributed by atoms with Crippen molar-refractivity contribution in [1.29, 1.82) is 0 Å². The number of ether oxygens (including phenoxy) is 1. The maximum Gasteiger partial charge on any atom is 0.353 e. The minimum Gasteiger partial charge on any atom is -0.466 e. The maximum absolute atomic E-state index is 11.6. The van der Waals surface area contributed by atoms with Crippen LogP contribution in [0, 0.1) is 0 Å². The number of likely N-dealkylation sites (tertiary alicyclic amines) is 1. The van der Waals surface area contributed by atoms with Crippen LogP contribution in [0.25, 0.3) is 0 Å². The van der Waals surface area contributed by atoms with Crippen LogP contribution < -0.4 is 0 Å². The molecule has 2 rings (SSSR count). The van der Waals surface area contributed by atoms with Crippen molar-refractivity contribution in [3.8, 4) is 0 Å². The summed E-state index contributed by atoms with van der Waals surface area (Å²) in [6.45, 7) is 1.27. The smallest absolute Gasteiger partial charge is 0.353 e. The Morgan fingerprint density at radius 3 is 2.82 bits per heavy atom. The third-order valence-corrected chi connectivity index (χ3v) is 3.21. The van der Waals surface area contributed by atoms with E-state index >= 15 is 0 Å². The molecule has 0 bridgehead atoms. The summed E-state index contributed by atoms with van der Waals surface area (Å²) in [5.41, 5.74) is -0.373. The van der Waals surface area contributed by atoms with Crippen LogP contribution in [0.4, 0.5) is 0 Å². The molecule has 0 spiro atoms. The lowest BCUT2D eigenvalue weighted by Gasteiger charge is -2.30. The van der Waals surface area contributed by atoms with E-state index in [0.29, 0.717) is 19.5 Å². The summed E-state index contributed by atoms with van der Waals surface area (Å²) in [5, 5.41) is 10.3. The molecule has 1 fully saturated rings. The number of rotatable bonds is 3. The van der Waals surface area contributed by atoms with E-state index in [9.17, 15) is 9.90 Å². The van der Waals surface area contributed by atoms with Crippen molar-refractivity contribution < 1.29 is 14.6 Å². The Bertz CT molecular complexity index is 393. The number of hydrogen-bond donors (Lipinski definition) is 1. The molecule has 1 N–H and O–H groups in total. The van der Waals surface area contributed by atoms with Crippen molar-refractivity contribution in [3.63, 3.8) is 0 Å². The normalized spacial score (nSPS) is 24.8. The molecule has 1 aliphatic rings. The van der Waals surface area contributed by atoms with Crippen LogP contribution in [0.3, 0.4) is 0 Å². The van der Waals surface area contributed by atoms with Crippen molar-refractivity contribution in [3.05, 3.63) is 35.9 Å². The van der Waals surface area contributed by atoms with Crippen LogP contribution in [0.1, 0.15) is 18.4 Å². The van der Waals surface area contributed by atoms with E-state index in [1.54, 1.807) is 4.90 Å². The van der Waals surface area contributed by atoms with Gasteiger partial charge in [0.2, 0.25) is 5.72 Å². The van der Waals surface area contributed by atoms with Crippen LogP contribution in [0.5, 0.6) is 0 Å². The van der Waals surface area contributed by atoms with Gasteiger partial charge in [0.15, 0.2) is 0 Å². The van der Waals surface area contributed by atoms with Gasteiger partial charge in [-0.1, -0.05) is 30.3 Å². The fourth-order valence-corrected chi connectivity index (χ4v) is 2.27. The Morgan fingerprint density at radius 2 is 2.18 bits per heavy atom. The average molecular weight is 235 g/mol. The number of carbonyl (C=O) groups is 1. The molecular formula is C13H17NO3. The molecule has 0 saturated carbocycles.